The molecule has 2 aromatic carbocycles. The number of benzene rings is 2. The Balaban J connectivity index is 1.55. The summed E-state index contributed by atoms with van der Waals surface area (Å²) in [6.07, 6.45) is 4.94. The Kier molecular flexibility index (Phi) is 5.85. The van der Waals surface area contributed by atoms with Gasteiger partial charge in [0.2, 0.25) is 11.8 Å². The fourth-order valence-corrected chi connectivity index (χ4v) is 4.48. The van der Waals surface area contributed by atoms with Gasteiger partial charge in [0.15, 0.2) is 0 Å². The summed E-state index contributed by atoms with van der Waals surface area (Å²) in [5, 5.41) is 0. The maximum Gasteiger partial charge on any atom is 0.227 e. The van der Waals surface area contributed by atoms with Gasteiger partial charge >= 0.3 is 0 Å². The Bertz CT molecular complexity index is 1100. The Morgan fingerprint density at radius 3 is 2.58 bits per heavy atom. The first-order valence-electron chi connectivity index (χ1n) is 10.6. The van der Waals surface area contributed by atoms with E-state index in [2.05, 4.69) is 11.1 Å². The molecule has 1 aliphatic heterocycles. The van der Waals surface area contributed by atoms with Crippen LogP contribution < -0.4 is 5.73 Å². The van der Waals surface area contributed by atoms with Crippen molar-refractivity contribution in [1.82, 2.24) is 9.88 Å². The standard InChI is InChI=1S/C26H27N3O2/c1-19-5-4-6-20(15-19)16-24(30)29-14-11-26(18-29,25(27)31)17-22-7-2-3-8-23(22)21-9-12-28-13-10-21/h2-10,12-13,15H,11,14,16-18H2,1H3,(H2,27,31). The van der Waals surface area contributed by atoms with Crippen molar-refractivity contribution >= 4 is 11.8 Å². The maximum atomic E-state index is 12.9. The molecule has 1 aromatic heterocycles. The number of aryl methyl sites for hydroxylation is 1. The van der Waals surface area contributed by atoms with Crippen LogP contribution in [0.15, 0.2) is 73.1 Å². The lowest BCUT2D eigenvalue weighted by Gasteiger charge is -2.27. The number of nitrogens with zero attached hydrogens (tertiary/aromatic N) is 2. The number of likely N-dealkylation sites (tertiary alicyclic amines) is 1. The van der Waals surface area contributed by atoms with Crippen molar-refractivity contribution in [2.24, 2.45) is 11.1 Å². The van der Waals surface area contributed by atoms with Crippen LogP contribution in [0.2, 0.25) is 0 Å². The van der Waals surface area contributed by atoms with E-state index in [-0.39, 0.29) is 11.8 Å². The van der Waals surface area contributed by atoms with Crippen molar-refractivity contribution in [3.8, 4) is 11.1 Å². The summed E-state index contributed by atoms with van der Waals surface area (Å²) in [4.78, 5) is 31.5. The molecule has 1 saturated heterocycles. The number of hydrogen-bond donors (Lipinski definition) is 1. The first kappa shape index (κ1) is 20.8. The van der Waals surface area contributed by atoms with E-state index in [1.54, 1.807) is 17.3 Å². The number of pyridine rings is 1. The molecule has 4 rings (SSSR count). The van der Waals surface area contributed by atoms with Crippen LogP contribution in [0, 0.1) is 12.3 Å². The van der Waals surface area contributed by atoms with Gasteiger partial charge in [-0.2, -0.15) is 0 Å². The molecule has 2 heterocycles. The third kappa shape index (κ3) is 4.50. The van der Waals surface area contributed by atoms with Gasteiger partial charge in [-0.05, 0) is 54.2 Å². The molecule has 1 unspecified atom stereocenters. The molecule has 1 atom stereocenters. The summed E-state index contributed by atoms with van der Waals surface area (Å²) in [5.74, 6) is -0.306. The molecule has 0 aliphatic carbocycles. The van der Waals surface area contributed by atoms with Crippen LogP contribution in [0.4, 0.5) is 0 Å². The number of rotatable bonds is 6. The summed E-state index contributed by atoms with van der Waals surface area (Å²) >= 11 is 0. The van der Waals surface area contributed by atoms with Crippen molar-refractivity contribution < 1.29 is 9.59 Å². The van der Waals surface area contributed by atoms with Crippen LogP contribution in [0.3, 0.4) is 0 Å². The molecule has 2 amide bonds. The predicted molar refractivity (Wildman–Crippen MR) is 121 cm³/mol. The van der Waals surface area contributed by atoms with Crippen molar-refractivity contribution in [2.75, 3.05) is 13.1 Å². The van der Waals surface area contributed by atoms with E-state index >= 15 is 0 Å². The van der Waals surface area contributed by atoms with Crippen LogP contribution >= 0.6 is 0 Å². The second kappa shape index (κ2) is 8.72. The summed E-state index contributed by atoms with van der Waals surface area (Å²) in [6.45, 7) is 2.92. The molecule has 1 aliphatic rings. The molecular formula is C26H27N3O2. The molecule has 31 heavy (non-hydrogen) atoms. The Labute approximate surface area is 182 Å². The van der Waals surface area contributed by atoms with E-state index in [0.29, 0.717) is 32.4 Å². The van der Waals surface area contributed by atoms with Gasteiger partial charge in [-0.3, -0.25) is 14.6 Å². The molecule has 5 heteroatoms. The zero-order chi connectivity index (χ0) is 21.8. The fraction of sp³-hybridized carbons (Fsp3) is 0.269. The lowest BCUT2D eigenvalue weighted by atomic mass is 9.78. The van der Waals surface area contributed by atoms with Crippen molar-refractivity contribution in [2.45, 2.75) is 26.2 Å². The largest absolute Gasteiger partial charge is 0.369 e. The van der Waals surface area contributed by atoms with Crippen LogP contribution in [-0.4, -0.2) is 34.8 Å². The molecular weight excluding hydrogens is 386 g/mol. The lowest BCUT2D eigenvalue weighted by Crippen LogP contribution is -2.42. The average Bonchev–Trinajstić information content (AvgIpc) is 3.21. The summed E-state index contributed by atoms with van der Waals surface area (Å²) < 4.78 is 0. The van der Waals surface area contributed by atoms with Gasteiger partial charge in [-0.25, -0.2) is 0 Å². The number of aromatic nitrogens is 1. The number of amides is 2. The molecule has 0 bridgehead atoms. The van der Waals surface area contributed by atoms with E-state index in [0.717, 1.165) is 27.8 Å². The molecule has 0 spiro atoms. The minimum Gasteiger partial charge on any atom is -0.369 e. The van der Waals surface area contributed by atoms with E-state index < -0.39 is 5.41 Å². The van der Waals surface area contributed by atoms with Gasteiger partial charge in [-0.1, -0.05) is 54.1 Å². The van der Waals surface area contributed by atoms with E-state index in [1.165, 1.54) is 0 Å². The third-order valence-electron chi connectivity index (χ3n) is 6.20. The predicted octanol–water partition coefficient (Wildman–Crippen LogP) is 3.55. The minimum atomic E-state index is -0.759. The molecule has 2 N–H and O–H groups in total. The van der Waals surface area contributed by atoms with E-state index in [1.807, 2.05) is 61.5 Å². The zero-order valence-electron chi connectivity index (χ0n) is 17.8. The third-order valence-corrected chi connectivity index (χ3v) is 6.20. The van der Waals surface area contributed by atoms with Gasteiger partial charge in [-0.15, -0.1) is 0 Å². The zero-order valence-corrected chi connectivity index (χ0v) is 17.8. The topological polar surface area (TPSA) is 76.3 Å². The quantitative estimate of drug-likeness (QED) is 0.671. The highest BCUT2D eigenvalue weighted by Crippen LogP contribution is 2.37. The monoisotopic (exact) mass is 413 g/mol. The highest BCUT2D eigenvalue weighted by molar-refractivity contribution is 5.85. The molecule has 0 saturated carbocycles. The summed E-state index contributed by atoms with van der Waals surface area (Å²) in [6, 6.07) is 19.9. The van der Waals surface area contributed by atoms with Gasteiger partial charge in [0.1, 0.15) is 0 Å². The van der Waals surface area contributed by atoms with Gasteiger partial charge in [0.05, 0.1) is 11.8 Å². The molecule has 3 aromatic rings. The average molecular weight is 414 g/mol. The Morgan fingerprint density at radius 1 is 1.06 bits per heavy atom. The van der Waals surface area contributed by atoms with Crippen LogP contribution in [0.1, 0.15) is 23.1 Å². The maximum absolute atomic E-state index is 12.9. The SMILES string of the molecule is Cc1cccc(CC(=O)N2CCC(Cc3ccccc3-c3ccncc3)(C(N)=O)C2)c1. The normalized spacial score (nSPS) is 18.2. The highest BCUT2D eigenvalue weighted by Gasteiger charge is 2.45. The van der Waals surface area contributed by atoms with Crippen LogP contribution in [0.5, 0.6) is 0 Å². The minimum absolute atomic E-state index is 0.0381. The lowest BCUT2D eigenvalue weighted by molar-refractivity contribution is -0.131. The Hall–Kier alpha value is -3.47. The van der Waals surface area contributed by atoms with Gasteiger partial charge in [0.25, 0.3) is 0 Å². The summed E-state index contributed by atoms with van der Waals surface area (Å²) in [5.41, 5.74) is 10.5. The number of primary amides is 1. The van der Waals surface area contributed by atoms with Crippen LogP contribution in [-0.2, 0) is 22.4 Å². The molecule has 0 radical (unpaired) electrons. The van der Waals surface area contributed by atoms with E-state index in [9.17, 15) is 9.59 Å². The van der Waals surface area contributed by atoms with E-state index in [4.69, 9.17) is 5.73 Å². The van der Waals surface area contributed by atoms with Crippen molar-refractivity contribution in [1.29, 1.82) is 0 Å². The van der Waals surface area contributed by atoms with Crippen LogP contribution in [0.25, 0.3) is 11.1 Å². The number of carbonyl (C=O) groups is 2. The van der Waals surface area contributed by atoms with Crippen molar-refractivity contribution in [3.63, 3.8) is 0 Å². The number of nitrogens with two attached hydrogens (primary N) is 1. The fourth-order valence-electron chi connectivity index (χ4n) is 4.48. The number of hydrogen-bond acceptors (Lipinski definition) is 3. The molecule has 158 valence electrons. The second-order valence-electron chi connectivity index (χ2n) is 8.45. The second-order valence-corrected chi connectivity index (χ2v) is 8.45. The molecule has 1 fully saturated rings. The first-order valence-corrected chi connectivity index (χ1v) is 10.6. The van der Waals surface area contributed by atoms with Crippen molar-refractivity contribution in [3.05, 3.63) is 89.7 Å². The first-order chi connectivity index (χ1) is 15.0. The smallest absolute Gasteiger partial charge is 0.227 e. The van der Waals surface area contributed by atoms with Gasteiger partial charge in [0, 0.05) is 25.5 Å². The molecule has 5 nitrogen and oxygen atoms in total. The number of carbonyl (C=O) groups excluding carboxylic acids is 2. The summed E-state index contributed by atoms with van der Waals surface area (Å²) in [7, 11) is 0. The Morgan fingerprint density at radius 2 is 1.84 bits per heavy atom. The van der Waals surface area contributed by atoms with Gasteiger partial charge < -0.3 is 10.6 Å². The highest BCUT2D eigenvalue weighted by atomic mass is 16.2.